The van der Waals surface area contributed by atoms with Crippen molar-refractivity contribution in [3.63, 3.8) is 0 Å². The number of carbonyl (C=O) groups is 1. The minimum absolute atomic E-state index is 0.0379. The molecule has 5 nitrogen and oxygen atoms in total. The highest BCUT2D eigenvalue weighted by Crippen LogP contribution is 2.33. The molecule has 1 amide bonds. The monoisotopic (exact) mass is 360 g/mol. The van der Waals surface area contributed by atoms with E-state index in [1.165, 1.54) is 19.3 Å². The third-order valence-electron chi connectivity index (χ3n) is 5.78. The first-order chi connectivity index (χ1) is 12.6. The zero-order valence-electron chi connectivity index (χ0n) is 16.2. The first kappa shape index (κ1) is 19.2. The third-order valence-corrected chi connectivity index (χ3v) is 5.78. The fraction of sp³-hybridized carbons (Fsp3) is 0.667. The second kappa shape index (κ2) is 8.87. The molecule has 1 saturated heterocycles. The smallest absolute Gasteiger partial charge is 0.258 e. The lowest BCUT2D eigenvalue weighted by Crippen LogP contribution is -2.60. The Kier molecular flexibility index (Phi) is 6.54. The Balaban J connectivity index is 1.54. The van der Waals surface area contributed by atoms with Crippen molar-refractivity contribution >= 4 is 5.91 Å². The van der Waals surface area contributed by atoms with E-state index in [0.29, 0.717) is 6.54 Å². The van der Waals surface area contributed by atoms with E-state index in [1.807, 2.05) is 26.0 Å². The van der Waals surface area contributed by atoms with E-state index < -0.39 is 0 Å². The molecule has 0 atom stereocenters. The van der Waals surface area contributed by atoms with E-state index in [9.17, 15) is 4.79 Å². The van der Waals surface area contributed by atoms with E-state index in [0.717, 1.165) is 56.0 Å². The molecule has 1 aromatic carbocycles. The van der Waals surface area contributed by atoms with Gasteiger partial charge in [0.15, 0.2) is 6.61 Å². The average molecular weight is 360 g/mol. The first-order valence-electron chi connectivity index (χ1n) is 9.89. The minimum atomic E-state index is -0.0379. The Labute approximate surface area is 157 Å². The summed E-state index contributed by atoms with van der Waals surface area (Å²) >= 11 is 0. The van der Waals surface area contributed by atoms with Gasteiger partial charge in [-0.15, -0.1) is 0 Å². The number of carbonyl (C=O) groups excluding carboxylic acids is 1. The van der Waals surface area contributed by atoms with Crippen LogP contribution in [0.3, 0.4) is 0 Å². The summed E-state index contributed by atoms with van der Waals surface area (Å²) in [5.74, 6) is 0.754. The molecule has 1 saturated carbocycles. The van der Waals surface area contributed by atoms with Gasteiger partial charge in [0.1, 0.15) is 5.75 Å². The van der Waals surface area contributed by atoms with Crippen LogP contribution in [0.25, 0.3) is 0 Å². The molecule has 26 heavy (non-hydrogen) atoms. The predicted molar refractivity (Wildman–Crippen MR) is 103 cm³/mol. The van der Waals surface area contributed by atoms with Gasteiger partial charge in [-0.25, -0.2) is 0 Å². The SMILES string of the molecule is Cc1ccc(C)c(OCC(=O)NCC2(N3CCOCC3)CCCCC2)c1. The molecule has 1 aliphatic carbocycles. The van der Waals surface area contributed by atoms with Gasteiger partial charge in [0.25, 0.3) is 5.91 Å². The molecule has 0 spiro atoms. The van der Waals surface area contributed by atoms with Crippen LogP contribution in [0.1, 0.15) is 43.2 Å². The van der Waals surface area contributed by atoms with Gasteiger partial charge in [-0.1, -0.05) is 31.4 Å². The van der Waals surface area contributed by atoms with Crippen LogP contribution >= 0.6 is 0 Å². The summed E-state index contributed by atoms with van der Waals surface area (Å²) in [5.41, 5.74) is 2.29. The summed E-state index contributed by atoms with van der Waals surface area (Å²) in [5, 5.41) is 3.15. The lowest BCUT2D eigenvalue weighted by atomic mass is 9.79. The lowest BCUT2D eigenvalue weighted by Gasteiger charge is -2.48. The molecule has 1 aromatic rings. The summed E-state index contributed by atoms with van der Waals surface area (Å²) in [6.45, 7) is 8.34. The highest BCUT2D eigenvalue weighted by molar-refractivity contribution is 5.77. The van der Waals surface area contributed by atoms with Gasteiger partial charge >= 0.3 is 0 Å². The number of hydrogen-bond acceptors (Lipinski definition) is 4. The highest BCUT2D eigenvalue weighted by atomic mass is 16.5. The standard InChI is InChI=1S/C21H32N2O3/c1-17-6-7-18(2)19(14-17)26-15-20(24)22-16-21(8-4-3-5-9-21)23-10-12-25-13-11-23/h6-7,14H,3-5,8-13,15-16H2,1-2H3,(H,22,24). The molecule has 3 rings (SSSR count). The molecule has 2 fully saturated rings. The largest absolute Gasteiger partial charge is 0.483 e. The van der Waals surface area contributed by atoms with Crippen LogP contribution in [-0.4, -0.2) is 55.8 Å². The van der Waals surface area contributed by atoms with Crippen molar-refractivity contribution in [2.45, 2.75) is 51.5 Å². The van der Waals surface area contributed by atoms with Crippen molar-refractivity contribution in [2.75, 3.05) is 39.5 Å². The number of nitrogens with one attached hydrogen (secondary N) is 1. The second-order valence-electron chi connectivity index (χ2n) is 7.72. The molecule has 1 heterocycles. The van der Waals surface area contributed by atoms with Crippen molar-refractivity contribution in [1.82, 2.24) is 10.2 Å². The van der Waals surface area contributed by atoms with Crippen molar-refractivity contribution in [3.8, 4) is 5.75 Å². The Morgan fingerprint density at radius 1 is 1.19 bits per heavy atom. The fourth-order valence-electron chi connectivity index (χ4n) is 4.17. The van der Waals surface area contributed by atoms with Crippen molar-refractivity contribution in [1.29, 1.82) is 0 Å². The number of morpholine rings is 1. The van der Waals surface area contributed by atoms with Gasteiger partial charge in [0.05, 0.1) is 13.2 Å². The Morgan fingerprint density at radius 3 is 2.65 bits per heavy atom. The molecule has 0 aromatic heterocycles. The maximum absolute atomic E-state index is 12.4. The summed E-state index contributed by atoms with van der Waals surface area (Å²) in [7, 11) is 0. The van der Waals surface area contributed by atoms with E-state index in [2.05, 4.69) is 16.3 Å². The van der Waals surface area contributed by atoms with Crippen molar-refractivity contribution in [3.05, 3.63) is 29.3 Å². The van der Waals surface area contributed by atoms with Crippen LogP contribution in [-0.2, 0) is 9.53 Å². The van der Waals surface area contributed by atoms with Crippen LogP contribution in [0.5, 0.6) is 5.75 Å². The van der Waals surface area contributed by atoms with Gasteiger partial charge in [-0.2, -0.15) is 0 Å². The van der Waals surface area contributed by atoms with E-state index in [-0.39, 0.29) is 18.1 Å². The van der Waals surface area contributed by atoms with Crippen LogP contribution in [0.2, 0.25) is 0 Å². The van der Waals surface area contributed by atoms with E-state index >= 15 is 0 Å². The van der Waals surface area contributed by atoms with Gasteiger partial charge in [-0.3, -0.25) is 9.69 Å². The Bertz CT molecular complexity index is 605. The number of hydrogen-bond donors (Lipinski definition) is 1. The van der Waals surface area contributed by atoms with Crippen LogP contribution in [0, 0.1) is 13.8 Å². The predicted octanol–water partition coefficient (Wildman–Crippen LogP) is 2.83. The number of rotatable bonds is 6. The van der Waals surface area contributed by atoms with Crippen molar-refractivity contribution in [2.24, 2.45) is 0 Å². The molecule has 0 bridgehead atoms. The Hall–Kier alpha value is -1.59. The fourth-order valence-corrected chi connectivity index (χ4v) is 4.17. The second-order valence-corrected chi connectivity index (χ2v) is 7.72. The minimum Gasteiger partial charge on any atom is -0.483 e. The average Bonchev–Trinajstić information content (AvgIpc) is 2.68. The molecular weight excluding hydrogens is 328 g/mol. The maximum atomic E-state index is 12.4. The molecule has 2 aliphatic rings. The van der Waals surface area contributed by atoms with Crippen molar-refractivity contribution < 1.29 is 14.3 Å². The topological polar surface area (TPSA) is 50.8 Å². The molecule has 5 heteroatoms. The highest BCUT2D eigenvalue weighted by Gasteiger charge is 2.38. The lowest BCUT2D eigenvalue weighted by molar-refractivity contribution is -0.124. The summed E-state index contributed by atoms with van der Waals surface area (Å²) in [4.78, 5) is 14.9. The molecule has 0 radical (unpaired) electrons. The van der Waals surface area contributed by atoms with Crippen LogP contribution in [0.15, 0.2) is 18.2 Å². The number of aryl methyl sites for hydroxylation is 2. The molecule has 1 N–H and O–H groups in total. The number of benzene rings is 1. The molecule has 1 aliphatic heterocycles. The molecular formula is C21H32N2O3. The van der Waals surface area contributed by atoms with Gasteiger partial charge in [0.2, 0.25) is 0 Å². The quantitative estimate of drug-likeness (QED) is 0.848. The summed E-state index contributed by atoms with van der Waals surface area (Å²) in [6.07, 6.45) is 6.10. The van der Waals surface area contributed by atoms with E-state index in [4.69, 9.17) is 9.47 Å². The summed E-state index contributed by atoms with van der Waals surface area (Å²) in [6, 6.07) is 6.06. The molecule has 0 unspecified atom stereocenters. The van der Waals surface area contributed by atoms with Gasteiger partial charge in [0, 0.05) is 25.2 Å². The van der Waals surface area contributed by atoms with Crippen LogP contribution < -0.4 is 10.1 Å². The first-order valence-corrected chi connectivity index (χ1v) is 9.89. The zero-order chi connectivity index (χ0) is 18.4. The maximum Gasteiger partial charge on any atom is 0.258 e. The number of amides is 1. The normalized spacial score (nSPS) is 20.5. The third kappa shape index (κ3) is 4.77. The summed E-state index contributed by atoms with van der Waals surface area (Å²) < 4.78 is 11.3. The Morgan fingerprint density at radius 2 is 1.92 bits per heavy atom. The number of nitrogens with zero attached hydrogens (tertiary/aromatic N) is 1. The van der Waals surface area contributed by atoms with E-state index in [1.54, 1.807) is 0 Å². The number of ether oxygens (including phenoxy) is 2. The zero-order valence-corrected chi connectivity index (χ0v) is 16.2. The van der Waals surface area contributed by atoms with Gasteiger partial charge < -0.3 is 14.8 Å². The molecule has 144 valence electrons. The van der Waals surface area contributed by atoms with Gasteiger partial charge in [-0.05, 0) is 43.9 Å². The van der Waals surface area contributed by atoms with Crippen LogP contribution in [0.4, 0.5) is 0 Å².